The van der Waals surface area contributed by atoms with E-state index in [1.165, 1.54) is 0 Å². The number of amides is 3. The number of hydrogen-bond acceptors (Lipinski definition) is 4. The molecule has 162 valence electrons. The lowest BCUT2D eigenvalue weighted by Crippen LogP contribution is -2.47. The number of anilines is 1. The smallest absolute Gasteiger partial charge is 0.262 e. The number of fused-ring (bicyclic) bond motifs is 1. The lowest BCUT2D eigenvalue weighted by atomic mass is 10.0. The monoisotopic (exact) mass is 428 g/mol. The number of rotatable bonds is 7. The number of benzene rings is 3. The Balaban J connectivity index is 1.50. The molecule has 0 bridgehead atoms. The largest absolute Gasteiger partial charge is 0.457 e. The number of ether oxygens (including phenoxy) is 1. The van der Waals surface area contributed by atoms with Crippen LogP contribution < -0.4 is 10.1 Å². The molecule has 6 nitrogen and oxygen atoms in total. The van der Waals surface area contributed by atoms with Gasteiger partial charge in [-0.2, -0.15) is 0 Å². The lowest BCUT2D eigenvalue weighted by Gasteiger charge is -2.26. The van der Waals surface area contributed by atoms with Crippen molar-refractivity contribution in [3.63, 3.8) is 0 Å². The number of carbonyl (C=O) groups is 3. The summed E-state index contributed by atoms with van der Waals surface area (Å²) in [5, 5.41) is 2.84. The molecular weight excluding hydrogens is 404 g/mol. The average Bonchev–Trinajstić information content (AvgIpc) is 3.04. The Morgan fingerprint density at radius 3 is 1.91 bits per heavy atom. The first-order valence-electron chi connectivity index (χ1n) is 10.5. The Hall–Kier alpha value is -3.93. The van der Waals surface area contributed by atoms with Gasteiger partial charge in [0.25, 0.3) is 11.8 Å². The van der Waals surface area contributed by atoms with E-state index in [9.17, 15) is 14.4 Å². The molecule has 3 aromatic rings. The standard InChI is InChI=1S/C26H24N2O4/c1-17(2)16-23(28-25(30)21-10-6-7-11-22(21)26(28)31)24(29)27-18-12-14-20(15-13-18)32-19-8-4-3-5-9-19/h3-15,17,23H,16H2,1-2H3,(H,27,29). The molecule has 3 amide bonds. The highest BCUT2D eigenvalue weighted by atomic mass is 16.5. The van der Waals surface area contributed by atoms with Crippen LogP contribution >= 0.6 is 0 Å². The molecule has 0 aromatic heterocycles. The van der Waals surface area contributed by atoms with Crippen LogP contribution in [0.2, 0.25) is 0 Å². The van der Waals surface area contributed by atoms with E-state index in [2.05, 4.69) is 5.32 Å². The normalized spacial score (nSPS) is 13.8. The van der Waals surface area contributed by atoms with E-state index in [0.29, 0.717) is 34.7 Å². The van der Waals surface area contributed by atoms with E-state index in [-0.39, 0.29) is 5.92 Å². The zero-order valence-electron chi connectivity index (χ0n) is 17.9. The number of imide groups is 1. The van der Waals surface area contributed by atoms with Crippen LogP contribution in [0.25, 0.3) is 0 Å². The van der Waals surface area contributed by atoms with Crippen LogP contribution in [-0.2, 0) is 4.79 Å². The van der Waals surface area contributed by atoms with Gasteiger partial charge in [-0.3, -0.25) is 19.3 Å². The molecule has 1 atom stereocenters. The van der Waals surface area contributed by atoms with Gasteiger partial charge in [0, 0.05) is 5.69 Å². The van der Waals surface area contributed by atoms with Gasteiger partial charge < -0.3 is 10.1 Å². The molecule has 0 radical (unpaired) electrons. The van der Waals surface area contributed by atoms with Crippen molar-refractivity contribution in [2.75, 3.05) is 5.32 Å². The number of nitrogens with one attached hydrogen (secondary N) is 1. The Morgan fingerprint density at radius 2 is 1.34 bits per heavy atom. The van der Waals surface area contributed by atoms with Gasteiger partial charge in [-0.25, -0.2) is 0 Å². The fraction of sp³-hybridized carbons (Fsp3) is 0.192. The third-order valence-electron chi connectivity index (χ3n) is 5.24. The van der Waals surface area contributed by atoms with Gasteiger partial charge in [-0.1, -0.05) is 44.2 Å². The first kappa shape index (κ1) is 21.3. The number of para-hydroxylation sites is 1. The second-order valence-corrected chi connectivity index (χ2v) is 8.10. The van der Waals surface area contributed by atoms with Crippen LogP contribution in [0.1, 0.15) is 41.0 Å². The highest BCUT2D eigenvalue weighted by molar-refractivity contribution is 6.23. The minimum absolute atomic E-state index is 0.108. The first-order valence-corrected chi connectivity index (χ1v) is 10.5. The SMILES string of the molecule is CC(C)CC(C(=O)Nc1ccc(Oc2ccccc2)cc1)N1C(=O)c2ccccc2C1=O. The quantitative estimate of drug-likeness (QED) is 0.530. The maximum atomic E-state index is 13.2. The summed E-state index contributed by atoms with van der Waals surface area (Å²) in [7, 11) is 0. The molecule has 1 N–H and O–H groups in total. The first-order chi connectivity index (χ1) is 15.4. The number of hydrogen-bond donors (Lipinski definition) is 1. The lowest BCUT2D eigenvalue weighted by molar-refractivity contribution is -0.120. The van der Waals surface area contributed by atoms with Crippen LogP contribution in [0, 0.1) is 5.92 Å². The second kappa shape index (κ2) is 9.06. The third-order valence-corrected chi connectivity index (χ3v) is 5.24. The van der Waals surface area contributed by atoms with Gasteiger partial charge in [0.1, 0.15) is 17.5 Å². The molecule has 32 heavy (non-hydrogen) atoms. The van der Waals surface area contributed by atoms with Gasteiger partial charge in [-0.15, -0.1) is 0 Å². The van der Waals surface area contributed by atoms with Gasteiger partial charge in [0.05, 0.1) is 11.1 Å². The molecule has 0 saturated carbocycles. The molecule has 4 rings (SSSR count). The minimum atomic E-state index is -0.900. The maximum Gasteiger partial charge on any atom is 0.262 e. The van der Waals surface area contributed by atoms with Crippen molar-refractivity contribution in [3.05, 3.63) is 90.0 Å². The molecule has 0 spiro atoms. The van der Waals surface area contributed by atoms with E-state index in [0.717, 1.165) is 4.90 Å². The Labute approximate surface area is 186 Å². The van der Waals surface area contributed by atoms with Gasteiger partial charge in [-0.05, 0) is 60.9 Å². The summed E-state index contributed by atoms with van der Waals surface area (Å²) >= 11 is 0. The van der Waals surface area contributed by atoms with Crippen LogP contribution in [-0.4, -0.2) is 28.7 Å². The molecule has 6 heteroatoms. The summed E-state index contributed by atoms with van der Waals surface area (Å²) < 4.78 is 5.77. The second-order valence-electron chi connectivity index (χ2n) is 8.10. The minimum Gasteiger partial charge on any atom is -0.457 e. The molecule has 0 saturated heterocycles. The predicted octanol–water partition coefficient (Wildman–Crippen LogP) is 5.13. The van der Waals surface area contributed by atoms with E-state index < -0.39 is 23.8 Å². The average molecular weight is 428 g/mol. The van der Waals surface area contributed by atoms with Crippen LogP contribution in [0.3, 0.4) is 0 Å². The molecule has 1 unspecified atom stereocenters. The van der Waals surface area contributed by atoms with Crippen molar-refractivity contribution in [1.29, 1.82) is 0 Å². The van der Waals surface area contributed by atoms with Crippen molar-refractivity contribution < 1.29 is 19.1 Å². The van der Waals surface area contributed by atoms with Crippen molar-refractivity contribution in [1.82, 2.24) is 4.90 Å². The zero-order valence-corrected chi connectivity index (χ0v) is 17.9. The zero-order chi connectivity index (χ0) is 22.7. The molecule has 0 aliphatic carbocycles. The van der Waals surface area contributed by atoms with Crippen molar-refractivity contribution >= 4 is 23.4 Å². The van der Waals surface area contributed by atoms with E-state index in [1.54, 1.807) is 48.5 Å². The maximum absolute atomic E-state index is 13.2. The van der Waals surface area contributed by atoms with Gasteiger partial charge in [0.15, 0.2) is 0 Å². The molecule has 1 aliphatic rings. The fourth-order valence-electron chi connectivity index (χ4n) is 3.72. The summed E-state index contributed by atoms with van der Waals surface area (Å²) in [4.78, 5) is 40.1. The van der Waals surface area contributed by atoms with Crippen molar-refractivity contribution in [3.8, 4) is 11.5 Å². The summed E-state index contributed by atoms with van der Waals surface area (Å²) in [6.07, 6.45) is 0.368. The summed E-state index contributed by atoms with van der Waals surface area (Å²) in [6.45, 7) is 3.91. The Morgan fingerprint density at radius 1 is 0.812 bits per heavy atom. The van der Waals surface area contributed by atoms with E-state index in [1.807, 2.05) is 44.2 Å². The fourth-order valence-corrected chi connectivity index (χ4v) is 3.72. The number of nitrogens with zero attached hydrogens (tertiary/aromatic N) is 1. The summed E-state index contributed by atoms with van der Waals surface area (Å²) in [5.41, 5.74) is 1.23. The van der Waals surface area contributed by atoms with Crippen LogP contribution in [0.5, 0.6) is 11.5 Å². The Bertz CT molecular complexity index is 1110. The highest BCUT2D eigenvalue weighted by Gasteiger charge is 2.42. The molecule has 1 aliphatic heterocycles. The van der Waals surface area contributed by atoms with Gasteiger partial charge in [0.2, 0.25) is 5.91 Å². The molecule has 1 heterocycles. The summed E-state index contributed by atoms with van der Waals surface area (Å²) in [6, 6.07) is 22.1. The topological polar surface area (TPSA) is 75.7 Å². The number of carbonyl (C=O) groups excluding carboxylic acids is 3. The van der Waals surface area contributed by atoms with E-state index >= 15 is 0 Å². The van der Waals surface area contributed by atoms with Crippen LogP contribution in [0.15, 0.2) is 78.9 Å². The molecular formula is C26H24N2O4. The van der Waals surface area contributed by atoms with Crippen molar-refractivity contribution in [2.45, 2.75) is 26.3 Å². The third kappa shape index (κ3) is 4.39. The molecule has 0 fully saturated rings. The Kier molecular flexibility index (Phi) is 6.03. The summed E-state index contributed by atoms with van der Waals surface area (Å²) in [5.74, 6) is 0.192. The van der Waals surface area contributed by atoms with Crippen molar-refractivity contribution in [2.24, 2.45) is 5.92 Å². The van der Waals surface area contributed by atoms with Crippen LogP contribution in [0.4, 0.5) is 5.69 Å². The predicted molar refractivity (Wildman–Crippen MR) is 122 cm³/mol. The van der Waals surface area contributed by atoms with Gasteiger partial charge >= 0.3 is 0 Å². The van der Waals surface area contributed by atoms with E-state index in [4.69, 9.17) is 4.74 Å². The highest BCUT2D eigenvalue weighted by Crippen LogP contribution is 2.28. The molecule has 3 aromatic carbocycles.